The number of ether oxygens (including phenoxy) is 1. The van der Waals surface area contributed by atoms with Crippen LogP contribution in [0.25, 0.3) is 0 Å². The minimum Gasteiger partial charge on any atom is -0.458 e. The predicted molar refractivity (Wildman–Crippen MR) is 92.9 cm³/mol. The number of thioether (sulfide) groups is 1. The highest BCUT2D eigenvalue weighted by atomic mass is 32.2. The molecule has 1 N–H and O–H groups in total. The Morgan fingerprint density at radius 1 is 1.33 bits per heavy atom. The number of nitrogens with one attached hydrogen (secondary N) is 1. The Morgan fingerprint density at radius 3 is 2.62 bits per heavy atom. The van der Waals surface area contributed by atoms with Crippen molar-refractivity contribution in [3.63, 3.8) is 0 Å². The molecule has 0 unspecified atom stereocenters. The first-order chi connectivity index (χ1) is 11.2. The molecule has 8 heteroatoms. The van der Waals surface area contributed by atoms with Crippen molar-refractivity contribution < 1.29 is 14.3 Å². The number of nitrogens with zero attached hydrogens (tertiary/aromatic N) is 2. The first-order valence-electron chi connectivity index (χ1n) is 8.18. The molecule has 2 bridgehead atoms. The molecule has 0 radical (unpaired) electrons. The smallest absolute Gasteiger partial charge is 0.322 e. The maximum atomic E-state index is 12.8. The summed E-state index contributed by atoms with van der Waals surface area (Å²) in [7, 11) is 0. The highest BCUT2D eigenvalue weighted by Crippen LogP contribution is 2.65. The molecule has 2 fully saturated rings. The van der Waals surface area contributed by atoms with Gasteiger partial charge in [-0.3, -0.25) is 9.59 Å². The Bertz CT molecular complexity index is 675. The van der Waals surface area contributed by atoms with Gasteiger partial charge in [-0.2, -0.15) is 0 Å². The van der Waals surface area contributed by atoms with E-state index in [-0.39, 0.29) is 11.9 Å². The lowest BCUT2D eigenvalue weighted by Crippen LogP contribution is -2.51. The van der Waals surface area contributed by atoms with E-state index in [0.29, 0.717) is 13.0 Å². The second-order valence-electron chi connectivity index (χ2n) is 7.20. The van der Waals surface area contributed by atoms with Crippen molar-refractivity contribution in [3.05, 3.63) is 5.01 Å². The molecule has 1 aliphatic heterocycles. The Balaban J connectivity index is 1.53. The van der Waals surface area contributed by atoms with Crippen LogP contribution in [0.15, 0.2) is 4.34 Å². The minimum atomic E-state index is -1.04. The van der Waals surface area contributed by atoms with E-state index in [1.165, 1.54) is 0 Å². The molecule has 6 nitrogen and oxygen atoms in total. The third-order valence-electron chi connectivity index (χ3n) is 5.76. The van der Waals surface area contributed by atoms with Crippen LogP contribution in [0.4, 0.5) is 0 Å². The van der Waals surface area contributed by atoms with Gasteiger partial charge in [0.25, 0.3) is 0 Å². The number of aromatic nitrogens is 2. The molecular formula is C16H23N3O3S2. The van der Waals surface area contributed by atoms with E-state index in [1.807, 2.05) is 27.7 Å². The van der Waals surface area contributed by atoms with Crippen LogP contribution in [0.1, 0.15) is 45.0 Å². The van der Waals surface area contributed by atoms with Crippen LogP contribution in [0.3, 0.4) is 0 Å². The summed E-state index contributed by atoms with van der Waals surface area (Å²) in [6, 6.07) is 0. The molecule has 2 heterocycles. The van der Waals surface area contributed by atoms with Crippen molar-refractivity contribution in [2.75, 3.05) is 12.3 Å². The average molecular weight is 370 g/mol. The van der Waals surface area contributed by atoms with Crippen molar-refractivity contribution in [1.29, 1.82) is 0 Å². The molecular weight excluding hydrogens is 346 g/mol. The molecule has 1 amide bonds. The van der Waals surface area contributed by atoms with Crippen molar-refractivity contribution in [2.45, 2.75) is 56.9 Å². The molecule has 1 aromatic rings. The second kappa shape index (κ2) is 5.98. The second-order valence-corrected chi connectivity index (χ2v) is 9.72. The third-order valence-corrected chi connectivity index (χ3v) is 7.82. The van der Waals surface area contributed by atoms with Gasteiger partial charge in [-0.1, -0.05) is 36.9 Å². The number of hydrogen-bond donors (Lipinski definition) is 1. The third kappa shape index (κ3) is 2.45. The quantitative estimate of drug-likeness (QED) is 0.359. The summed E-state index contributed by atoms with van der Waals surface area (Å²) in [5.41, 5.74) is -2.06. The fraction of sp³-hybridized carbons (Fsp3) is 0.750. The standard InChI is InChI=1S/C16H23N3O3S2/c1-10-18-19-13(24-10)23-9-5-8-17-11(20)16-7-6-15(4,14(16,2)3)22-12(16)21/h5-9H2,1-4H3,(H,17,20)/t15-,16+/m1/s1. The summed E-state index contributed by atoms with van der Waals surface area (Å²) in [6.45, 7) is 8.36. The average Bonchev–Trinajstić information content (AvgIpc) is 3.04. The van der Waals surface area contributed by atoms with Crippen LogP contribution in [-0.4, -0.2) is 40.0 Å². The van der Waals surface area contributed by atoms with Gasteiger partial charge in [0, 0.05) is 17.7 Å². The molecule has 2 atom stereocenters. The van der Waals surface area contributed by atoms with Gasteiger partial charge in [0.1, 0.15) is 10.6 Å². The van der Waals surface area contributed by atoms with Crippen LogP contribution < -0.4 is 5.32 Å². The summed E-state index contributed by atoms with van der Waals surface area (Å²) < 4.78 is 6.51. The SMILES string of the molecule is Cc1nnc(SCCCNC(=O)[C@@]23CC[C@@](C)(OC2=O)C3(C)C)s1. The van der Waals surface area contributed by atoms with Crippen molar-refractivity contribution >= 4 is 35.0 Å². The Hall–Kier alpha value is -1.15. The van der Waals surface area contributed by atoms with E-state index >= 15 is 0 Å². The largest absolute Gasteiger partial charge is 0.458 e. The highest BCUT2D eigenvalue weighted by molar-refractivity contribution is 8.01. The topological polar surface area (TPSA) is 81.2 Å². The number of carbonyl (C=O) groups is 2. The fourth-order valence-corrected chi connectivity index (χ4v) is 5.57. The molecule has 2 aliphatic rings. The Labute approximate surface area is 150 Å². The lowest BCUT2D eigenvalue weighted by Gasteiger charge is -2.34. The van der Waals surface area contributed by atoms with Gasteiger partial charge in [-0.15, -0.1) is 10.2 Å². The molecule has 1 saturated heterocycles. The molecule has 0 aromatic carbocycles. The predicted octanol–water partition coefficient (Wildman–Crippen LogP) is 2.57. The zero-order chi connectivity index (χ0) is 17.6. The van der Waals surface area contributed by atoms with E-state index in [1.54, 1.807) is 23.1 Å². The Morgan fingerprint density at radius 2 is 2.08 bits per heavy atom. The number of carbonyl (C=O) groups excluding carboxylic acids is 2. The molecule has 1 aromatic heterocycles. The van der Waals surface area contributed by atoms with Gasteiger partial charge < -0.3 is 10.1 Å². The normalized spacial score (nSPS) is 30.4. The van der Waals surface area contributed by atoms with Gasteiger partial charge in [0.15, 0.2) is 9.75 Å². The number of fused-ring (bicyclic) bond motifs is 2. The highest BCUT2D eigenvalue weighted by Gasteiger charge is 2.76. The van der Waals surface area contributed by atoms with Crippen molar-refractivity contribution in [3.8, 4) is 0 Å². The molecule has 3 rings (SSSR count). The lowest BCUT2D eigenvalue weighted by atomic mass is 9.65. The van der Waals surface area contributed by atoms with E-state index in [0.717, 1.165) is 27.9 Å². The summed E-state index contributed by atoms with van der Waals surface area (Å²) in [6.07, 6.45) is 2.13. The lowest BCUT2D eigenvalue weighted by molar-refractivity contribution is -0.162. The van der Waals surface area contributed by atoms with E-state index < -0.39 is 16.4 Å². The maximum absolute atomic E-state index is 12.8. The zero-order valence-corrected chi connectivity index (χ0v) is 16.1. The van der Waals surface area contributed by atoms with Crippen LogP contribution in [0.5, 0.6) is 0 Å². The van der Waals surface area contributed by atoms with Crippen LogP contribution in [-0.2, 0) is 14.3 Å². The van der Waals surface area contributed by atoms with Gasteiger partial charge in [0.05, 0.1) is 0 Å². The monoisotopic (exact) mass is 369 g/mol. The van der Waals surface area contributed by atoms with Crippen LogP contribution >= 0.6 is 23.1 Å². The van der Waals surface area contributed by atoms with E-state index in [4.69, 9.17) is 4.74 Å². The summed E-state index contributed by atoms with van der Waals surface area (Å²) in [5, 5.41) is 11.9. The zero-order valence-electron chi connectivity index (χ0n) is 14.5. The maximum Gasteiger partial charge on any atom is 0.322 e. The van der Waals surface area contributed by atoms with Crippen molar-refractivity contribution in [2.24, 2.45) is 10.8 Å². The van der Waals surface area contributed by atoms with Gasteiger partial charge in [-0.05, 0) is 33.1 Å². The van der Waals surface area contributed by atoms with Gasteiger partial charge in [0.2, 0.25) is 5.91 Å². The number of amides is 1. The molecule has 1 aliphatic carbocycles. The molecule has 0 spiro atoms. The number of rotatable bonds is 6. The minimum absolute atomic E-state index is 0.185. The molecule has 1 saturated carbocycles. The van der Waals surface area contributed by atoms with Gasteiger partial charge in [-0.25, -0.2) is 0 Å². The van der Waals surface area contributed by atoms with Crippen LogP contribution in [0.2, 0.25) is 0 Å². The first kappa shape index (κ1) is 17.7. The Kier molecular flexibility index (Phi) is 4.40. The number of aryl methyl sites for hydroxylation is 1. The summed E-state index contributed by atoms with van der Waals surface area (Å²) in [5.74, 6) is 0.306. The van der Waals surface area contributed by atoms with Crippen LogP contribution in [0, 0.1) is 17.8 Å². The molecule has 132 valence electrons. The molecule has 24 heavy (non-hydrogen) atoms. The van der Waals surface area contributed by atoms with Crippen molar-refractivity contribution in [1.82, 2.24) is 15.5 Å². The van der Waals surface area contributed by atoms with E-state index in [9.17, 15) is 9.59 Å². The van der Waals surface area contributed by atoms with Gasteiger partial charge >= 0.3 is 5.97 Å². The fourth-order valence-electron chi connectivity index (χ4n) is 3.74. The summed E-state index contributed by atoms with van der Waals surface area (Å²) in [4.78, 5) is 25.2. The number of hydrogen-bond acceptors (Lipinski definition) is 7. The summed E-state index contributed by atoms with van der Waals surface area (Å²) >= 11 is 3.21. The first-order valence-corrected chi connectivity index (χ1v) is 9.98. The number of esters is 1. The van der Waals surface area contributed by atoms with E-state index in [2.05, 4.69) is 15.5 Å².